The van der Waals surface area contributed by atoms with Crippen LogP contribution >= 0.6 is 11.3 Å². The minimum Gasteiger partial charge on any atom is -0.342 e. The largest absolute Gasteiger partial charge is 0.342 e. The van der Waals surface area contributed by atoms with E-state index in [-0.39, 0.29) is 0 Å². The maximum absolute atomic E-state index is 11.1. The lowest BCUT2D eigenvalue weighted by Crippen LogP contribution is -2.16. The number of hydroxylamine groups is 1. The fraction of sp³-hybridized carbons (Fsp3) is 0.111. The minimum atomic E-state index is -0.498. The van der Waals surface area contributed by atoms with Gasteiger partial charge in [-0.3, -0.25) is 10.0 Å². The van der Waals surface area contributed by atoms with Gasteiger partial charge in [0.1, 0.15) is 5.82 Å². The maximum Gasteiger partial charge on any atom is 0.284 e. The summed E-state index contributed by atoms with van der Waals surface area (Å²) in [6, 6.07) is 3.46. The Bertz CT molecular complexity index is 489. The first-order chi connectivity index (χ1) is 7.20. The van der Waals surface area contributed by atoms with E-state index in [2.05, 4.69) is 9.97 Å². The Morgan fingerprint density at radius 3 is 3.00 bits per heavy atom. The summed E-state index contributed by atoms with van der Waals surface area (Å²) in [6.45, 7) is 1.86. The van der Waals surface area contributed by atoms with Crippen LogP contribution in [0.1, 0.15) is 15.5 Å². The van der Waals surface area contributed by atoms with Crippen molar-refractivity contribution in [2.45, 2.75) is 6.92 Å². The first-order valence-electron chi connectivity index (χ1n) is 4.27. The van der Waals surface area contributed by atoms with Crippen molar-refractivity contribution in [2.24, 2.45) is 0 Å². The number of rotatable bonds is 2. The lowest BCUT2D eigenvalue weighted by atomic mass is 10.3. The molecular formula is C9H9N3O2S. The van der Waals surface area contributed by atoms with Crippen molar-refractivity contribution in [3.05, 3.63) is 29.0 Å². The first kappa shape index (κ1) is 9.88. The number of imidazole rings is 1. The molecule has 0 aliphatic heterocycles. The SMILES string of the molecule is Cc1ncc(-c2ccc(C(=O)NO)s2)[nH]1. The second-order valence-corrected chi connectivity index (χ2v) is 4.07. The zero-order chi connectivity index (χ0) is 10.8. The molecule has 0 fully saturated rings. The number of hydrogen-bond acceptors (Lipinski definition) is 4. The highest BCUT2D eigenvalue weighted by Gasteiger charge is 2.10. The zero-order valence-corrected chi connectivity index (χ0v) is 8.76. The number of thiophene rings is 1. The van der Waals surface area contributed by atoms with E-state index in [0.29, 0.717) is 4.88 Å². The molecule has 3 N–H and O–H groups in total. The summed E-state index contributed by atoms with van der Waals surface area (Å²) in [7, 11) is 0. The fourth-order valence-corrected chi connectivity index (χ4v) is 2.07. The van der Waals surface area contributed by atoms with Gasteiger partial charge in [-0.2, -0.15) is 0 Å². The zero-order valence-electron chi connectivity index (χ0n) is 7.94. The summed E-state index contributed by atoms with van der Waals surface area (Å²) in [6.07, 6.45) is 1.71. The van der Waals surface area contributed by atoms with Crippen molar-refractivity contribution in [2.75, 3.05) is 0 Å². The van der Waals surface area contributed by atoms with Crippen LogP contribution in [-0.2, 0) is 0 Å². The third-order valence-corrected chi connectivity index (χ3v) is 3.02. The Labute approximate surface area is 89.7 Å². The van der Waals surface area contributed by atoms with E-state index in [1.807, 2.05) is 13.0 Å². The number of hydrogen-bond donors (Lipinski definition) is 3. The number of aryl methyl sites for hydroxylation is 1. The Morgan fingerprint density at radius 1 is 1.60 bits per heavy atom. The van der Waals surface area contributed by atoms with Crippen molar-refractivity contribution in [1.82, 2.24) is 15.4 Å². The van der Waals surface area contributed by atoms with Crippen LogP contribution in [0.3, 0.4) is 0 Å². The van der Waals surface area contributed by atoms with Gasteiger partial charge in [0.2, 0.25) is 0 Å². The molecule has 6 heteroatoms. The number of nitrogens with zero attached hydrogens (tertiary/aromatic N) is 1. The van der Waals surface area contributed by atoms with Gasteiger partial charge >= 0.3 is 0 Å². The average molecular weight is 223 g/mol. The number of aromatic amines is 1. The molecule has 0 saturated heterocycles. The molecule has 0 radical (unpaired) electrons. The normalized spacial score (nSPS) is 10.3. The lowest BCUT2D eigenvalue weighted by molar-refractivity contribution is 0.0711. The number of aromatic nitrogens is 2. The van der Waals surface area contributed by atoms with Crippen LogP contribution in [0.2, 0.25) is 0 Å². The van der Waals surface area contributed by atoms with Crippen molar-refractivity contribution in [1.29, 1.82) is 0 Å². The monoisotopic (exact) mass is 223 g/mol. The summed E-state index contributed by atoms with van der Waals surface area (Å²) in [5.41, 5.74) is 2.47. The van der Waals surface area contributed by atoms with Gasteiger partial charge in [0, 0.05) is 0 Å². The van der Waals surface area contributed by atoms with Crippen LogP contribution in [-0.4, -0.2) is 21.1 Å². The molecule has 2 heterocycles. The van der Waals surface area contributed by atoms with Crippen LogP contribution < -0.4 is 5.48 Å². The molecule has 1 amide bonds. The standard InChI is InChI=1S/C9H9N3O2S/c1-5-10-4-6(11-5)7-2-3-8(15-7)9(13)12-14/h2-4,14H,1H3,(H,10,11)(H,12,13). The Hall–Kier alpha value is -1.66. The number of H-pyrrole nitrogens is 1. The molecule has 0 atom stereocenters. The summed E-state index contributed by atoms with van der Waals surface area (Å²) in [5, 5.41) is 8.46. The Balaban J connectivity index is 2.31. The van der Waals surface area contributed by atoms with E-state index in [9.17, 15) is 4.79 Å². The molecule has 0 saturated carbocycles. The smallest absolute Gasteiger partial charge is 0.284 e. The van der Waals surface area contributed by atoms with Gasteiger partial charge in [0.05, 0.1) is 21.6 Å². The molecule has 0 aliphatic carbocycles. The molecule has 2 aromatic heterocycles. The van der Waals surface area contributed by atoms with Gasteiger partial charge < -0.3 is 4.98 Å². The molecule has 2 rings (SSSR count). The summed E-state index contributed by atoms with van der Waals surface area (Å²) in [5.74, 6) is 0.328. The van der Waals surface area contributed by atoms with E-state index < -0.39 is 5.91 Å². The van der Waals surface area contributed by atoms with E-state index in [1.54, 1.807) is 17.7 Å². The summed E-state index contributed by atoms with van der Waals surface area (Å²) < 4.78 is 0. The topological polar surface area (TPSA) is 78.0 Å². The van der Waals surface area contributed by atoms with E-state index in [0.717, 1.165) is 16.4 Å². The molecule has 78 valence electrons. The average Bonchev–Trinajstić information content (AvgIpc) is 2.84. The second-order valence-electron chi connectivity index (χ2n) is 2.99. The van der Waals surface area contributed by atoms with E-state index >= 15 is 0 Å². The van der Waals surface area contributed by atoms with Crippen molar-refractivity contribution >= 4 is 17.2 Å². The summed E-state index contributed by atoms with van der Waals surface area (Å²) in [4.78, 5) is 19.6. The third kappa shape index (κ3) is 1.90. The summed E-state index contributed by atoms with van der Waals surface area (Å²) >= 11 is 1.29. The number of amides is 1. The van der Waals surface area contributed by atoms with E-state index in [1.165, 1.54) is 11.3 Å². The van der Waals surface area contributed by atoms with Gasteiger partial charge in [-0.05, 0) is 19.1 Å². The van der Waals surface area contributed by atoms with Gasteiger partial charge in [-0.25, -0.2) is 10.5 Å². The maximum atomic E-state index is 11.1. The molecular weight excluding hydrogens is 214 g/mol. The van der Waals surface area contributed by atoms with E-state index in [4.69, 9.17) is 5.21 Å². The third-order valence-electron chi connectivity index (χ3n) is 1.90. The Morgan fingerprint density at radius 2 is 2.40 bits per heavy atom. The molecule has 0 aliphatic rings. The first-order valence-corrected chi connectivity index (χ1v) is 5.08. The van der Waals surface area contributed by atoms with Crippen LogP contribution in [0.4, 0.5) is 0 Å². The highest BCUT2D eigenvalue weighted by molar-refractivity contribution is 7.17. The predicted molar refractivity (Wildman–Crippen MR) is 55.9 cm³/mol. The second kappa shape index (κ2) is 3.84. The number of nitrogens with one attached hydrogen (secondary N) is 2. The fourth-order valence-electron chi connectivity index (χ4n) is 1.21. The van der Waals surface area contributed by atoms with Crippen molar-refractivity contribution < 1.29 is 10.0 Å². The number of carbonyl (C=O) groups is 1. The van der Waals surface area contributed by atoms with Gasteiger partial charge in [0.15, 0.2) is 0 Å². The molecule has 0 spiro atoms. The number of carbonyl (C=O) groups excluding carboxylic acids is 1. The van der Waals surface area contributed by atoms with Crippen molar-refractivity contribution in [3.63, 3.8) is 0 Å². The molecule has 0 unspecified atom stereocenters. The molecule has 5 nitrogen and oxygen atoms in total. The van der Waals surface area contributed by atoms with Gasteiger partial charge in [0.25, 0.3) is 5.91 Å². The predicted octanol–water partition coefficient (Wildman–Crippen LogP) is 1.57. The Kier molecular flexibility index (Phi) is 2.53. The molecule has 0 aromatic carbocycles. The van der Waals surface area contributed by atoms with Gasteiger partial charge in [-0.15, -0.1) is 11.3 Å². The molecule has 2 aromatic rings. The highest BCUT2D eigenvalue weighted by Crippen LogP contribution is 2.26. The molecule has 15 heavy (non-hydrogen) atoms. The highest BCUT2D eigenvalue weighted by atomic mass is 32.1. The van der Waals surface area contributed by atoms with Crippen molar-refractivity contribution in [3.8, 4) is 10.6 Å². The lowest BCUT2D eigenvalue weighted by Gasteiger charge is -1.91. The minimum absolute atomic E-state index is 0.458. The molecule has 0 bridgehead atoms. The quantitative estimate of drug-likeness (QED) is 0.534. The van der Waals surface area contributed by atoms with Gasteiger partial charge in [-0.1, -0.05) is 0 Å². The van der Waals surface area contributed by atoms with Crippen LogP contribution in [0.25, 0.3) is 10.6 Å². The van der Waals surface area contributed by atoms with Crippen LogP contribution in [0, 0.1) is 6.92 Å². The van der Waals surface area contributed by atoms with Crippen LogP contribution in [0.5, 0.6) is 0 Å². The van der Waals surface area contributed by atoms with Crippen LogP contribution in [0.15, 0.2) is 18.3 Å².